The van der Waals surface area contributed by atoms with Gasteiger partial charge in [-0.1, -0.05) is 0 Å². The smallest absolute Gasteiger partial charge is 0.255 e. The van der Waals surface area contributed by atoms with Crippen LogP contribution in [0.15, 0.2) is 61.2 Å². The molecule has 3 aromatic rings. The Balaban J connectivity index is 1.44. The number of nitrogens with zero attached hydrogens (tertiary/aromatic N) is 4. The van der Waals surface area contributed by atoms with Crippen molar-refractivity contribution in [3.05, 3.63) is 72.4 Å². The van der Waals surface area contributed by atoms with E-state index in [1.807, 2.05) is 29.2 Å². The second kappa shape index (κ2) is 8.68. The second-order valence-electron chi connectivity index (χ2n) is 6.83. The molecule has 1 saturated heterocycles. The third kappa shape index (κ3) is 4.34. The first-order valence-corrected chi connectivity index (χ1v) is 9.56. The van der Waals surface area contributed by atoms with E-state index in [9.17, 15) is 4.79 Å². The van der Waals surface area contributed by atoms with Gasteiger partial charge in [0, 0.05) is 43.8 Å². The molecule has 1 amide bonds. The number of aromatic nitrogens is 3. The number of hydrogen-bond donors (Lipinski definition) is 0. The second-order valence-corrected chi connectivity index (χ2v) is 6.83. The molecule has 1 aromatic carbocycles. The van der Waals surface area contributed by atoms with Crippen LogP contribution in [0.25, 0.3) is 0 Å². The normalized spacial score (nSPS) is 14.4. The minimum atomic E-state index is 0.0189. The predicted octanol–water partition coefficient (Wildman–Crippen LogP) is 3.69. The lowest BCUT2D eigenvalue weighted by atomic mass is 9.93. The predicted molar refractivity (Wildman–Crippen MR) is 107 cm³/mol. The van der Waals surface area contributed by atoms with Gasteiger partial charge >= 0.3 is 0 Å². The van der Waals surface area contributed by atoms with Crippen molar-refractivity contribution < 1.29 is 14.3 Å². The Labute approximate surface area is 169 Å². The van der Waals surface area contributed by atoms with Crippen molar-refractivity contribution >= 4 is 5.91 Å². The minimum absolute atomic E-state index is 0.0189. The highest BCUT2D eigenvalue weighted by molar-refractivity contribution is 5.93. The minimum Gasteiger partial charge on any atom is -0.497 e. The van der Waals surface area contributed by atoms with Gasteiger partial charge in [-0.2, -0.15) is 0 Å². The topological polar surface area (TPSA) is 77.4 Å². The number of piperidine rings is 1. The van der Waals surface area contributed by atoms with Crippen molar-refractivity contribution in [2.75, 3.05) is 20.2 Å². The van der Waals surface area contributed by atoms with Gasteiger partial charge in [0.05, 0.1) is 12.7 Å². The monoisotopic (exact) mass is 390 g/mol. The average molecular weight is 390 g/mol. The van der Waals surface area contributed by atoms with Crippen molar-refractivity contribution in [2.24, 2.45) is 0 Å². The standard InChI is InChI=1S/C22H22N4O3/c1-28-18-4-6-19(7-5-18)29-21-20(24-11-12-25-21)16-8-13-26(14-9-16)22(27)17-3-2-10-23-15-17/h2-7,10-12,15-16H,8-9,13-14H2,1H3. The summed E-state index contributed by atoms with van der Waals surface area (Å²) in [5.41, 5.74) is 1.45. The summed E-state index contributed by atoms with van der Waals surface area (Å²) in [6, 6.07) is 10.9. The number of carbonyl (C=O) groups is 1. The summed E-state index contributed by atoms with van der Waals surface area (Å²) in [6.45, 7) is 1.33. The number of methoxy groups -OCH3 is 1. The van der Waals surface area contributed by atoms with E-state index in [2.05, 4.69) is 15.0 Å². The van der Waals surface area contributed by atoms with Crippen LogP contribution in [0.5, 0.6) is 17.4 Å². The fourth-order valence-corrected chi connectivity index (χ4v) is 3.48. The largest absolute Gasteiger partial charge is 0.497 e. The Hall–Kier alpha value is -3.48. The zero-order valence-corrected chi connectivity index (χ0v) is 16.2. The van der Waals surface area contributed by atoms with E-state index in [1.165, 1.54) is 0 Å². The molecule has 2 aromatic heterocycles. The van der Waals surface area contributed by atoms with Gasteiger partial charge in [0.1, 0.15) is 17.2 Å². The van der Waals surface area contributed by atoms with Crippen LogP contribution in [0.1, 0.15) is 34.8 Å². The van der Waals surface area contributed by atoms with Crippen LogP contribution in [0, 0.1) is 0 Å². The zero-order chi connectivity index (χ0) is 20.1. The molecule has 1 aliphatic rings. The van der Waals surface area contributed by atoms with Crippen molar-refractivity contribution in [1.82, 2.24) is 19.9 Å². The summed E-state index contributed by atoms with van der Waals surface area (Å²) in [7, 11) is 1.63. The Morgan fingerprint density at radius 3 is 2.41 bits per heavy atom. The van der Waals surface area contributed by atoms with E-state index in [0.717, 1.165) is 24.3 Å². The first-order chi connectivity index (χ1) is 14.2. The number of rotatable bonds is 5. The lowest BCUT2D eigenvalue weighted by molar-refractivity contribution is 0.0711. The van der Waals surface area contributed by atoms with Crippen molar-refractivity contribution in [3.8, 4) is 17.4 Å². The average Bonchev–Trinajstić information content (AvgIpc) is 2.80. The van der Waals surface area contributed by atoms with Crippen LogP contribution in [-0.4, -0.2) is 46.0 Å². The Morgan fingerprint density at radius 2 is 1.72 bits per heavy atom. The summed E-state index contributed by atoms with van der Waals surface area (Å²) < 4.78 is 11.2. The molecule has 0 N–H and O–H groups in total. The molecule has 0 unspecified atom stereocenters. The molecule has 0 aliphatic carbocycles. The molecule has 7 heteroatoms. The Kier molecular flexibility index (Phi) is 5.65. The lowest BCUT2D eigenvalue weighted by Gasteiger charge is -2.32. The van der Waals surface area contributed by atoms with E-state index < -0.39 is 0 Å². The van der Waals surface area contributed by atoms with Gasteiger partial charge in [0.2, 0.25) is 5.88 Å². The van der Waals surface area contributed by atoms with Crippen molar-refractivity contribution in [1.29, 1.82) is 0 Å². The van der Waals surface area contributed by atoms with Crippen molar-refractivity contribution in [3.63, 3.8) is 0 Å². The molecule has 1 aliphatic heterocycles. The molecular formula is C22H22N4O3. The summed E-state index contributed by atoms with van der Waals surface area (Å²) in [5.74, 6) is 2.16. The highest BCUT2D eigenvalue weighted by Crippen LogP contribution is 2.34. The first kappa shape index (κ1) is 18.9. The van der Waals surface area contributed by atoms with E-state index >= 15 is 0 Å². The molecule has 4 rings (SSSR count). The zero-order valence-electron chi connectivity index (χ0n) is 16.2. The van der Waals surface area contributed by atoms with Gasteiger partial charge in [-0.05, 0) is 49.2 Å². The van der Waals surface area contributed by atoms with Crippen LogP contribution in [0.3, 0.4) is 0 Å². The third-order valence-corrected chi connectivity index (χ3v) is 5.04. The molecule has 1 fully saturated rings. The maximum absolute atomic E-state index is 12.6. The molecular weight excluding hydrogens is 368 g/mol. The number of benzene rings is 1. The van der Waals surface area contributed by atoms with E-state index in [1.54, 1.807) is 44.0 Å². The van der Waals surface area contributed by atoms with Gasteiger partial charge < -0.3 is 14.4 Å². The summed E-state index contributed by atoms with van der Waals surface area (Å²) in [6.07, 6.45) is 8.21. The quantitative estimate of drug-likeness (QED) is 0.661. The first-order valence-electron chi connectivity index (χ1n) is 9.56. The SMILES string of the molecule is COc1ccc(Oc2nccnc2C2CCN(C(=O)c3cccnc3)CC2)cc1. The van der Waals surface area contributed by atoms with Crippen LogP contribution >= 0.6 is 0 Å². The van der Waals surface area contributed by atoms with Crippen LogP contribution in [-0.2, 0) is 0 Å². The van der Waals surface area contributed by atoms with Crippen LogP contribution in [0.4, 0.5) is 0 Å². The molecule has 148 valence electrons. The molecule has 0 radical (unpaired) electrons. The van der Waals surface area contributed by atoms with Crippen LogP contribution in [0.2, 0.25) is 0 Å². The fourth-order valence-electron chi connectivity index (χ4n) is 3.48. The van der Waals surface area contributed by atoms with E-state index in [4.69, 9.17) is 9.47 Å². The van der Waals surface area contributed by atoms with Gasteiger partial charge in [0.15, 0.2) is 0 Å². The molecule has 3 heterocycles. The molecule has 7 nitrogen and oxygen atoms in total. The molecule has 29 heavy (non-hydrogen) atoms. The third-order valence-electron chi connectivity index (χ3n) is 5.04. The number of likely N-dealkylation sites (tertiary alicyclic amines) is 1. The lowest BCUT2D eigenvalue weighted by Crippen LogP contribution is -2.38. The maximum atomic E-state index is 12.6. The highest BCUT2D eigenvalue weighted by atomic mass is 16.5. The fraction of sp³-hybridized carbons (Fsp3) is 0.273. The van der Waals surface area contributed by atoms with E-state index in [-0.39, 0.29) is 11.8 Å². The van der Waals surface area contributed by atoms with Gasteiger partial charge in [-0.25, -0.2) is 4.98 Å². The van der Waals surface area contributed by atoms with Crippen LogP contribution < -0.4 is 9.47 Å². The summed E-state index contributed by atoms with van der Waals surface area (Å²) in [5, 5.41) is 0. The van der Waals surface area contributed by atoms with Gasteiger partial charge in [-0.15, -0.1) is 0 Å². The Morgan fingerprint density at radius 1 is 1.00 bits per heavy atom. The number of amides is 1. The number of carbonyl (C=O) groups excluding carboxylic acids is 1. The molecule has 0 spiro atoms. The van der Waals surface area contributed by atoms with Gasteiger partial charge in [0.25, 0.3) is 5.91 Å². The highest BCUT2D eigenvalue weighted by Gasteiger charge is 2.28. The van der Waals surface area contributed by atoms with Gasteiger partial charge in [-0.3, -0.25) is 14.8 Å². The number of pyridine rings is 1. The summed E-state index contributed by atoms with van der Waals surface area (Å²) >= 11 is 0. The Bertz CT molecular complexity index is 955. The van der Waals surface area contributed by atoms with E-state index in [0.29, 0.717) is 30.3 Å². The number of hydrogen-bond acceptors (Lipinski definition) is 6. The molecule has 0 saturated carbocycles. The molecule has 0 atom stereocenters. The van der Waals surface area contributed by atoms with Crippen molar-refractivity contribution in [2.45, 2.75) is 18.8 Å². The summed E-state index contributed by atoms with van der Waals surface area (Å²) in [4.78, 5) is 27.5. The number of ether oxygens (including phenoxy) is 2. The molecule has 0 bridgehead atoms. The maximum Gasteiger partial charge on any atom is 0.255 e.